The van der Waals surface area contributed by atoms with Crippen molar-refractivity contribution in [2.24, 2.45) is 0 Å². The fourth-order valence-electron chi connectivity index (χ4n) is 2.63. The molecule has 2 aromatic carbocycles. The fourth-order valence-corrected chi connectivity index (χ4v) is 2.63. The predicted molar refractivity (Wildman–Crippen MR) is 100 cm³/mol. The summed E-state index contributed by atoms with van der Waals surface area (Å²) in [5.74, 6) is 0.0141. The zero-order valence-corrected chi connectivity index (χ0v) is 14.4. The Morgan fingerprint density at radius 1 is 0.708 bits per heavy atom. The van der Waals surface area contributed by atoms with Gasteiger partial charge in [-0.05, 0) is 52.0 Å². The molecule has 0 spiro atoms. The van der Waals surface area contributed by atoms with Crippen LogP contribution >= 0.6 is 0 Å². The molecule has 0 aromatic heterocycles. The number of carbonyl (C=O) groups is 2. The zero-order chi connectivity index (χ0) is 17.7. The lowest BCUT2D eigenvalue weighted by molar-refractivity contribution is -0.113. The van der Waals surface area contributed by atoms with Crippen LogP contribution in [0.25, 0.3) is 10.8 Å². The Hall–Kier alpha value is -2.88. The smallest absolute Gasteiger partial charge is 0.154 e. The third-order valence-corrected chi connectivity index (χ3v) is 3.43. The van der Waals surface area contributed by atoms with Crippen molar-refractivity contribution in [1.29, 1.82) is 0 Å². The molecule has 4 heteroatoms. The van der Waals surface area contributed by atoms with Crippen LogP contribution in [0.3, 0.4) is 0 Å². The van der Waals surface area contributed by atoms with Gasteiger partial charge in [-0.15, -0.1) is 0 Å². The Kier molecular flexibility index (Phi) is 5.53. The van der Waals surface area contributed by atoms with Crippen molar-refractivity contribution in [3.05, 3.63) is 59.9 Å². The largest absolute Gasteiger partial charge is 0.359 e. The summed E-state index contributed by atoms with van der Waals surface area (Å²) in [7, 11) is 0. The zero-order valence-electron chi connectivity index (χ0n) is 14.4. The van der Waals surface area contributed by atoms with Crippen LogP contribution in [0.2, 0.25) is 0 Å². The van der Waals surface area contributed by atoms with E-state index in [0.717, 1.165) is 33.5 Å². The van der Waals surface area contributed by atoms with E-state index in [9.17, 15) is 9.59 Å². The molecule has 124 valence electrons. The van der Waals surface area contributed by atoms with Crippen molar-refractivity contribution < 1.29 is 9.59 Å². The molecule has 0 aliphatic carbocycles. The maximum absolute atomic E-state index is 11.2. The normalized spacial score (nSPS) is 12.2. The molecular formula is C20H22N2O2. The first-order valence-corrected chi connectivity index (χ1v) is 7.80. The fraction of sp³-hybridized carbons (Fsp3) is 0.200. The van der Waals surface area contributed by atoms with Gasteiger partial charge in [-0.1, -0.05) is 24.3 Å². The minimum Gasteiger partial charge on any atom is -0.359 e. The van der Waals surface area contributed by atoms with Gasteiger partial charge in [0.25, 0.3) is 0 Å². The number of hydrogen-bond donors (Lipinski definition) is 2. The van der Waals surface area contributed by atoms with Crippen LogP contribution in [0, 0.1) is 0 Å². The molecule has 0 saturated heterocycles. The standard InChI is InChI=1S/C20H22N2O2/c1-13(11-15(3)23)21-19-9-5-8-18-17(19)7-6-10-20(18)22-14(2)12-16(4)24/h5-12,21-22H,1-4H3/b13-11-,14-12-. The van der Waals surface area contributed by atoms with E-state index in [1.54, 1.807) is 12.2 Å². The summed E-state index contributed by atoms with van der Waals surface area (Å²) in [5, 5.41) is 8.62. The van der Waals surface area contributed by atoms with Crippen molar-refractivity contribution >= 4 is 33.7 Å². The second kappa shape index (κ2) is 7.59. The highest BCUT2D eigenvalue weighted by molar-refractivity contribution is 6.02. The first-order valence-electron chi connectivity index (χ1n) is 7.80. The number of rotatable bonds is 6. The van der Waals surface area contributed by atoms with Crippen molar-refractivity contribution in [3.8, 4) is 0 Å². The van der Waals surface area contributed by atoms with Crippen LogP contribution in [0.15, 0.2) is 59.9 Å². The number of allylic oxidation sites excluding steroid dienone is 4. The second-order valence-corrected chi connectivity index (χ2v) is 5.83. The van der Waals surface area contributed by atoms with Crippen molar-refractivity contribution in [1.82, 2.24) is 0 Å². The van der Waals surface area contributed by atoms with Gasteiger partial charge in [0.2, 0.25) is 0 Å². The van der Waals surface area contributed by atoms with Crippen LogP contribution in [0.5, 0.6) is 0 Å². The lowest BCUT2D eigenvalue weighted by Gasteiger charge is -2.14. The maximum Gasteiger partial charge on any atom is 0.154 e. The number of benzene rings is 2. The Bertz CT molecular complexity index is 777. The number of nitrogens with one attached hydrogen (secondary N) is 2. The van der Waals surface area contributed by atoms with Gasteiger partial charge >= 0.3 is 0 Å². The highest BCUT2D eigenvalue weighted by Crippen LogP contribution is 2.30. The average Bonchev–Trinajstić information content (AvgIpc) is 2.46. The first-order chi connectivity index (χ1) is 11.4. The van der Waals surface area contributed by atoms with Crippen LogP contribution < -0.4 is 10.6 Å². The first kappa shape index (κ1) is 17.5. The van der Waals surface area contributed by atoms with E-state index >= 15 is 0 Å². The monoisotopic (exact) mass is 322 g/mol. The molecule has 2 N–H and O–H groups in total. The molecule has 24 heavy (non-hydrogen) atoms. The molecule has 0 saturated carbocycles. The van der Waals surface area contributed by atoms with Crippen molar-refractivity contribution in [3.63, 3.8) is 0 Å². The van der Waals surface area contributed by atoms with Gasteiger partial charge in [-0.25, -0.2) is 0 Å². The van der Waals surface area contributed by atoms with Crippen molar-refractivity contribution in [2.45, 2.75) is 27.7 Å². The molecule has 0 aliphatic heterocycles. The molecule has 2 rings (SSSR count). The lowest BCUT2D eigenvalue weighted by atomic mass is 10.1. The van der Waals surface area contributed by atoms with E-state index in [2.05, 4.69) is 10.6 Å². The lowest BCUT2D eigenvalue weighted by Crippen LogP contribution is -2.01. The molecule has 0 bridgehead atoms. The molecule has 0 amide bonds. The summed E-state index contributed by atoms with van der Waals surface area (Å²) in [6.45, 7) is 6.78. The van der Waals surface area contributed by atoms with E-state index in [-0.39, 0.29) is 11.6 Å². The summed E-state index contributed by atoms with van der Waals surface area (Å²) in [4.78, 5) is 22.4. The number of fused-ring (bicyclic) bond motifs is 1. The topological polar surface area (TPSA) is 58.2 Å². The SMILES string of the molecule is CC(=O)/C=C(/C)Nc1cccc2c(N/C(C)=C\C(C)=O)cccc12. The van der Waals surface area contributed by atoms with E-state index in [1.807, 2.05) is 50.2 Å². The van der Waals surface area contributed by atoms with Crippen LogP contribution in [-0.2, 0) is 9.59 Å². The second-order valence-electron chi connectivity index (χ2n) is 5.83. The molecule has 0 fully saturated rings. The van der Waals surface area contributed by atoms with E-state index in [4.69, 9.17) is 0 Å². The molecule has 0 atom stereocenters. The molecule has 0 radical (unpaired) electrons. The van der Waals surface area contributed by atoms with Gasteiger partial charge in [0.1, 0.15) is 0 Å². The summed E-state index contributed by atoms with van der Waals surface area (Å²) in [5.41, 5.74) is 3.45. The van der Waals surface area contributed by atoms with Gasteiger partial charge in [-0.2, -0.15) is 0 Å². The minimum absolute atomic E-state index is 0.00703. The highest BCUT2D eigenvalue weighted by Gasteiger charge is 2.06. The third-order valence-electron chi connectivity index (χ3n) is 3.43. The van der Waals surface area contributed by atoms with Gasteiger partial charge in [0, 0.05) is 33.5 Å². The number of carbonyl (C=O) groups excluding carboxylic acids is 2. The molecule has 2 aromatic rings. The Balaban J connectivity index is 2.43. The number of ketones is 2. The quantitative estimate of drug-likeness (QED) is 0.760. The summed E-state index contributed by atoms with van der Waals surface area (Å²) < 4.78 is 0. The number of anilines is 2. The van der Waals surface area contributed by atoms with Gasteiger partial charge in [0.05, 0.1) is 0 Å². The summed E-state index contributed by atoms with van der Waals surface area (Å²) in [6.07, 6.45) is 3.14. The Morgan fingerprint density at radius 2 is 1.08 bits per heavy atom. The van der Waals surface area contributed by atoms with E-state index in [1.165, 1.54) is 13.8 Å². The average molecular weight is 322 g/mol. The predicted octanol–water partition coefficient (Wildman–Crippen LogP) is 4.65. The molecule has 0 unspecified atom stereocenters. The highest BCUT2D eigenvalue weighted by atomic mass is 16.1. The Morgan fingerprint density at radius 3 is 1.42 bits per heavy atom. The van der Waals surface area contributed by atoms with Crippen LogP contribution in [0.1, 0.15) is 27.7 Å². The van der Waals surface area contributed by atoms with Crippen molar-refractivity contribution in [2.75, 3.05) is 10.6 Å². The minimum atomic E-state index is 0.00703. The maximum atomic E-state index is 11.2. The van der Waals surface area contributed by atoms with Crippen LogP contribution in [-0.4, -0.2) is 11.6 Å². The third kappa shape index (κ3) is 4.56. The summed E-state index contributed by atoms with van der Waals surface area (Å²) >= 11 is 0. The Labute approximate surface area is 142 Å². The van der Waals surface area contributed by atoms with Gasteiger partial charge < -0.3 is 10.6 Å². The molecule has 0 heterocycles. The molecular weight excluding hydrogens is 300 g/mol. The van der Waals surface area contributed by atoms with Crippen LogP contribution in [0.4, 0.5) is 11.4 Å². The number of hydrogen-bond acceptors (Lipinski definition) is 4. The van der Waals surface area contributed by atoms with Gasteiger partial charge in [0.15, 0.2) is 11.6 Å². The summed E-state index contributed by atoms with van der Waals surface area (Å²) in [6, 6.07) is 11.9. The van der Waals surface area contributed by atoms with E-state index in [0.29, 0.717) is 0 Å². The van der Waals surface area contributed by atoms with Gasteiger partial charge in [-0.3, -0.25) is 9.59 Å². The molecule has 0 aliphatic rings. The van der Waals surface area contributed by atoms with E-state index < -0.39 is 0 Å². The molecule has 4 nitrogen and oxygen atoms in total.